The van der Waals surface area contributed by atoms with Gasteiger partial charge in [0.1, 0.15) is 0 Å². The van der Waals surface area contributed by atoms with Crippen molar-refractivity contribution in [1.82, 2.24) is 0 Å². The van der Waals surface area contributed by atoms with E-state index in [1.54, 1.807) is 0 Å². The molecule has 0 rings (SSSR count). The minimum absolute atomic E-state index is 0. The molecule has 0 spiro atoms. The molecule has 0 aromatic rings. The molecule has 0 bridgehead atoms. The van der Waals surface area contributed by atoms with Gasteiger partial charge in [-0.05, 0) is 0 Å². The number of hydrogen-bond donors (Lipinski definition) is 0. The third kappa shape index (κ3) is 39.6. The van der Waals surface area contributed by atoms with Gasteiger partial charge in [-0.25, -0.2) is 0 Å². The zero-order valence-electron chi connectivity index (χ0n) is 2.03. The predicted molar refractivity (Wildman–Crippen MR) is 2.06 cm³/mol. The summed E-state index contributed by atoms with van der Waals surface area (Å²) in [6, 6.07) is 0. The molecule has 0 saturated heterocycles. The van der Waals surface area contributed by atoms with Crippen molar-refractivity contribution < 1.29 is 56.9 Å². The van der Waals surface area contributed by atoms with E-state index in [1.165, 1.54) is 0 Å². The van der Waals surface area contributed by atoms with Crippen molar-refractivity contribution in [2.75, 3.05) is 0 Å². The Bertz CT molecular complexity index is 6.85. The Balaban J connectivity index is -0.00000000167. The predicted octanol–water partition coefficient (Wildman–Crippen LogP) is -0.361. The molecule has 3 nitrogen and oxygen atoms in total. The maximum absolute atomic E-state index is 7.81. The third-order valence-electron chi connectivity index (χ3n) is 0. The van der Waals surface area contributed by atoms with Crippen LogP contribution in [0.1, 0.15) is 0 Å². The molecule has 0 aliphatic carbocycles. The van der Waals surface area contributed by atoms with Crippen molar-refractivity contribution in [3.8, 4) is 0 Å². The smallest absolute Gasteiger partial charge is 4.00 e. The monoisotopic (exact) mass is 201 g/mol. The number of hydrogen-bond acceptors (Lipinski definition) is 1. The van der Waals surface area contributed by atoms with Crippen LogP contribution in [0.25, 0.3) is 0 Å². The first-order valence-corrected chi connectivity index (χ1v) is 0.508. The molecule has 0 aromatic heterocycles. The SMILES string of the molecule is [O-2].[O-2].[O]=[Cu].[Zr+4]. The molecule has 0 aromatic carbocycles. The summed E-state index contributed by atoms with van der Waals surface area (Å²) in [5.41, 5.74) is 0. The van der Waals surface area contributed by atoms with E-state index in [2.05, 4.69) is 15.9 Å². The summed E-state index contributed by atoms with van der Waals surface area (Å²) >= 11 is 2.94. The van der Waals surface area contributed by atoms with Crippen LogP contribution in [-0.4, -0.2) is 0 Å². The second-order valence-corrected chi connectivity index (χ2v) is 0. The van der Waals surface area contributed by atoms with Crippen molar-refractivity contribution in [3.05, 3.63) is 0 Å². The first kappa shape index (κ1) is 35.7. The van der Waals surface area contributed by atoms with Crippen molar-refractivity contribution in [3.63, 3.8) is 0 Å². The van der Waals surface area contributed by atoms with Gasteiger partial charge in [-0.15, -0.1) is 0 Å². The summed E-state index contributed by atoms with van der Waals surface area (Å²) in [5, 5.41) is 0. The van der Waals surface area contributed by atoms with Crippen molar-refractivity contribution >= 4 is 0 Å². The molecule has 5 heteroatoms. The molecule has 0 aliphatic heterocycles. The van der Waals surface area contributed by atoms with E-state index in [0.717, 1.165) is 0 Å². The van der Waals surface area contributed by atoms with Crippen molar-refractivity contribution in [2.45, 2.75) is 0 Å². The van der Waals surface area contributed by atoms with E-state index < -0.39 is 0 Å². The van der Waals surface area contributed by atoms with E-state index in [1.807, 2.05) is 0 Å². The summed E-state index contributed by atoms with van der Waals surface area (Å²) in [6.07, 6.45) is 0. The molecular formula is CuO3Zr. The molecule has 0 heterocycles. The summed E-state index contributed by atoms with van der Waals surface area (Å²) in [7, 11) is 0. The molecule has 33 valence electrons. The standard InChI is InChI=1S/Cu.3O.Zr/q;;2*-2;+4. The fourth-order valence-electron chi connectivity index (χ4n) is 0. The maximum atomic E-state index is 7.81. The summed E-state index contributed by atoms with van der Waals surface area (Å²) in [6.45, 7) is 0. The third-order valence-corrected chi connectivity index (χ3v) is 0. The Labute approximate surface area is 56.9 Å². The average molecular weight is 203 g/mol. The molecule has 0 aliphatic rings. The van der Waals surface area contributed by atoms with Gasteiger partial charge in [-0.2, -0.15) is 0 Å². The van der Waals surface area contributed by atoms with Gasteiger partial charge in [0, 0.05) is 0 Å². The average Bonchev–Trinajstić information content (AvgIpc) is 1.00. The van der Waals surface area contributed by atoms with E-state index in [0.29, 0.717) is 0 Å². The van der Waals surface area contributed by atoms with Crippen LogP contribution in [0.4, 0.5) is 0 Å². The van der Waals surface area contributed by atoms with Crippen LogP contribution < -0.4 is 0 Å². The van der Waals surface area contributed by atoms with Crippen molar-refractivity contribution in [1.29, 1.82) is 0 Å². The molecule has 0 atom stereocenters. The minimum Gasteiger partial charge on any atom is 4.00 e. The largest absolute Gasteiger partial charge is 4.00 e. The molecule has 0 radical (unpaired) electrons. The van der Waals surface area contributed by atoms with E-state index >= 15 is 0 Å². The van der Waals surface area contributed by atoms with E-state index in [9.17, 15) is 0 Å². The van der Waals surface area contributed by atoms with Gasteiger partial charge >= 0.3 is 46.0 Å². The zero-order valence-corrected chi connectivity index (χ0v) is 5.43. The Kier molecular flexibility index (Phi) is 493. The first-order valence-electron chi connectivity index (χ1n) is 0.123. The first-order chi connectivity index (χ1) is 1.00. The van der Waals surface area contributed by atoms with Crippen LogP contribution in [-0.2, 0) is 56.9 Å². The van der Waals surface area contributed by atoms with Gasteiger partial charge < -0.3 is 11.0 Å². The van der Waals surface area contributed by atoms with Gasteiger partial charge in [0.05, 0.1) is 0 Å². The van der Waals surface area contributed by atoms with Crippen LogP contribution in [0.2, 0.25) is 0 Å². The van der Waals surface area contributed by atoms with Crippen molar-refractivity contribution in [2.24, 2.45) is 0 Å². The van der Waals surface area contributed by atoms with Crippen LogP contribution in [0.3, 0.4) is 0 Å². The fraction of sp³-hybridized carbons (Fsp3) is 0. The van der Waals surface area contributed by atoms with Crippen LogP contribution >= 0.6 is 0 Å². The Hall–Kier alpha value is 1.12. The Morgan fingerprint density at radius 3 is 1.00 bits per heavy atom. The normalized spacial score (nSPS) is 1.20. The van der Waals surface area contributed by atoms with E-state index in [-0.39, 0.29) is 37.2 Å². The van der Waals surface area contributed by atoms with Gasteiger partial charge in [-0.3, -0.25) is 0 Å². The quantitative estimate of drug-likeness (QED) is 0.495. The van der Waals surface area contributed by atoms with Crippen LogP contribution in [0, 0.1) is 0 Å². The summed E-state index contributed by atoms with van der Waals surface area (Å²) in [5.74, 6) is 0. The molecule has 5 heavy (non-hydrogen) atoms. The number of rotatable bonds is 0. The maximum Gasteiger partial charge on any atom is 4.00 e. The molecule has 0 amide bonds. The fourth-order valence-corrected chi connectivity index (χ4v) is 0. The Morgan fingerprint density at radius 2 is 1.00 bits per heavy atom. The zero-order chi connectivity index (χ0) is 2.00. The van der Waals surface area contributed by atoms with E-state index in [4.69, 9.17) is 3.83 Å². The molecule has 0 N–H and O–H groups in total. The minimum atomic E-state index is 0. The van der Waals surface area contributed by atoms with Crippen LogP contribution in [0.5, 0.6) is 0 Å². The molecule has 0 fully saturated rings. The molecule has 0 unspecified atom stereocenters. The topological polar surface area (TPSA) is 74.1 Å². The molecular weight excluding hydrogens is 203 g/mol. The van der Waals surface area contributed by atoms with Gasteiger partial charge in [0.2, 0.25) is 0 Å². The second-order valence-electron chi connectivity index (χ2n) is 0. The second kappa shape index (κ2) is 69.1. The van der Waals surface area contributed by atoms with Gasteiger partial charge in [0.15, 0.2) is 0 Å². The summed E-state index contributed by atoms with van der Waals surface area (Å²) < 4.78 is 7.81. The molecule has 0 saturated carbocycles. The van der Waals surface area contributed by atoms with Crippen LogP contribution in [0.15, 0.2) is 0 Å². The Morgan fingerprint density at radius 1 is 1.00 bits per heavy atom. The van der Waals surface area contributed by atoms with Gasteiger partial charge in [0.25, 0.3) is 0 Å². The van der Waals surface area contributed by atoms with Gasteiger partial charge in [-0.1, -0.05) is 0 Å². The summed E-state index contributed by atoms with van der Waals surface area (Å²) in [4.78, 5) is 0.